The quantitative estimate of drug-likeness (QED) is 0.621. The molecule has 3 aromatic heterocycles. The first-order valence-corrected chi connectivity index (χ1v) is 10.6. The van der Waals surface area contributed by atoms with Crippen molar-refractivity contribution in [3.05, 3.63) is 53.4 Å². The third-order valence-corrected chi connectivity index (χ3v) is 6.81. The average Bonchev–Trinajstić information content (AvgIpc) is 3.18. The van der Waals surface area contributed by atoms with Crippen molar-refractivity contribution in [2.24, 2.45) is 5.92 Å². The van der Waals surface area contributed by atoms with Crippen LogP contribution in [-0.4, -0.2) is 37.6 Å². The molecule has 1 saturated heterocycles. The number of anilines is 1. The molecule has 2 aliphatic heterocycles. The number of aryl methyl sites for hydroxylation is 1. The maximum atomic E-state index is 14.2. The number of aromatic nitrogens is 4. The Bertz CT molecular complexity index is 1170. The fraction of sp³-hybridized carbons (Fsp3) is 0.455. The fourth-order valence-corrected chi connectivity index (χ4v) is 5.01. The van der Waals surface area contributed by atoms with E-state index in [2.05, 4.69) is 27.2 Å². The van der Waals surface area contributed by atoms with E-state index in [4.69, 9.17) is 4.98 Å². The summed E-state index contributed by atoms with van der Waals surface area (Å²) >= 11 is 0. The van der Waals surface area contributed by atoms with Crippen LogP contribution < -0.4 is 10.2 Å². The number of carbonyl (C=O) groups is 1. The van der Waals surface area contributed by atoms with E-state index < -0.39 is 0 Å². The van der Waals surface area contributed by atoms with Gasteiger partial charge < -0.3 is 10.2 Å². The molecule has 2 fully saturated rings. The highest BCUT2D eigenvalue weighted by Crippen LogP contribution is 2.43. The Hall–Kier alpha value is -3.03. The van der Waals surface area contributed by atoms with Gasteiger partial charge in [-0.2, -0.15) is 5.10 Å². The van der Waals surface area contributed by atoms with E-state index in [-0.39, 0.29) is 23.3 Å². The van der Waals surface area contributed by atoms with Crippen molar-refractivity contribution in [1.29, 1.82) is 0 Å². The van der Waals surface area contributed by atoms with Gasteiger partial charge in [-0.3, -0.25) is 9.78 Å². The third kappa shape index (κ3) is 2.77. The monoisotopic (exact) mass is 406 g/mol. The smallest absolute Gasteiger partial charge is 0.257 e. The van der Waals surface area contributed by atoms with Gasteiger partial charge in [-0.25, -0.2) is 13.9 Å². The molecule has 30 heavy (non-hydrogen) atoms. The second kappa shape index (κ2) is 6.23. The molecule has 3 aromatic rings. The lowest BCUT2D eigenvalue weighted by Crippen LogP contribution is -2.37. The number of pyridine rings is 1. The molecule has 3 aliphatic rings. The van der Waals surface area contributed by atoms with E-state index in [1.54, 1.807) is 16.8 Å². The van der Waals surface area contributed by atoms with Crippen LogP contribution in [0.2, 0.25) is 0 Å². The number of amides is 1. The molecule has 0 aromatic carbocycles. The number of halogens is 1. The van der Waals surface area contributed by atoms with Gasteiger partial charge in [0, 0.05) is 24.0 Å². The zero-order chi connectivity index (χ0) is 20.5. The summed E-state index contributed by atoms with van der Waals surface area (Å²) in [6.45, 7) is 3.03. The van der Waals surface area contributed by atoms with Gasteiger partial charge in [0.2, 0.25) is 0 Å². The number of fused-ring (bicyclic) bond motifs is 5. The van der Waals surface area contributed by atoms with Crippen molar-refractivity contribution in [2.45, 2.75) is 50.6 Å². The summed E-state index contributed by atoms with van der Waals surface area (Å²) in [5, 5.41) is 7.53. The Morgan fingerprint density at radius 2 is 2.13 bits per heavy atom. The number of rotatable bonds is 0. The first kappa shape index (κ1) is 17.8. The number of nitrogens with one attached hydrogen (secondary N) is 1. The normalized spacial score (nSPS) is 24.7. The lowest BCUT2D eigenvalue weighted by molar-refractivity contribution is 0.0930. The highest BCUT2D eigenvalue weighted by molar-refractivity contribution is 6.00. The standard InChI is InChI=1S/C22H23FN6O/c1-13-8-18-15-9-14(23)10-24-17(15)2-4-22(5-6-22)27-21(30)16-11-25-29-7-3-19(26-20(16)29)28(18)12-13/h3,7,9-11,13,18H,2,4-6,8,12H2,1H3,(H,27,30)/t13-,18+/m1/s1. The van der Waals surface area contributed by atoms with Crippen LogP contribution in [0.15, 0.2) is 30.7 Å². The zero-order valence-electron chi connectivity index (χ0n) is 16.8. The second-order valence-electron chi connectivity index (χ2n) is 9.05. The molecule has 154 valence electrons. The summed E-state index contributed by atoms with van der Waals surface area (Å²) in [5.41, 5.74) is 2.69. The molecule has 1 aliphatic carbocycles. The molecule has 6 rings (SSSR count). The van der Waals surface area contributed by atoms with Crippen LogP contribution in [0, 0.1) is 11.7 Å². The van der Waals surface area contributed by atoms with Crippen molar-refractivity contribution in [1.82, 2.24) is 24.9 Å². The predicted octanol–water partition coefficient (Wildman–Crippen LogP) is 3.06. The van der Waals surface area contributed by atoms with Gasteiger partial charge in [-0.1, -0.05) is 6.92 Å². The lowest BCUT2D eigenvalue weighted by Gasteiger charge is -2.27. The molecular weight excluding hydrogens is 383 g/mol. The first-order chi connectivity index (χ1) is 14.5. The third-order valence-electron chi connectivity index (χ3n) is 6.81. The maximum absolute atomic E-state index is 14.2. The van der Waals surface area contributed by atoms with Gasteiger partial charge in [-0.05, 0) is 55.7 Å². The second-order valence-corrected chi connectivity index (χ2v) is 9.05. The number of nitrogens with zero attached hydrogens (tertiary/aromatic N) is 5. The Labute approximate surface area is 173 Å². The summed E-state index contributed by atoms with van der Waals surface area (Å²) < 4.78 is 15.9. The van der Waals surface area contributed by atoms with Gasteiger partial charge in [0.25, 0.3) is 5.91 Å². The van der Waals surface area contributed by atoms with Crippen LogP contribution in [0.5, 0.6) is 0 Å². The molecule has 7 nitrogen and oxygen atoms in total. The minimum atomic E-state index is -0.312. The number of hydrogen-bond donors (Lipinski definition) is 1. The Kier molecular flexibility index (Phi) is 3.70. The van der Waals surface area contributed by atoms with E-state index in [9.17, 15) is 9.18 Å². The van der Waals surface area contributed by atoms with Gasteiger partial charge in [0.15, 0.2) is 5.65 Å². The molecule has 1 saturated carbocycles. The number of hydrogen-bond acceptors (Lipinski definition) is 5. The summed E-state index contributed by atoms with van der Waals surface area (Å²) in [6.07, 6.45) is 9.04. The van der Waals surface area contributed by atoms with Gasteiger partial charge in [0.1, 0.15) is 17.2 Å². The van der Waals surface area contributed by atoms with Crippen LogP contribution in [-0.2, 0) is 6.42 Å². The molecule has 1 N–H and O–H groups in total. The van der Waals surface area contributed by atoms with E-state index in [0.29, 0.717) is 23.5 Å². The van der Waals surface area contributed by atoms with E-state index in [1.165, 1.54) is 6.20 Å². The molecule has 0 unspecified atom stereocenters. The largest absolute Gasteiger partial charge is 0.349 e. The summed E-state index contributed by atoms with van der Waals surface area (Å²) in [6, 6.07) is 3.57. The van der Waals surface area contributed by atoms with E-state index in [1.807, 2.05) is 12.3 Å². The van der Waals surface area contributed by atoms with Crippen molar-refractivity contribution in [3.63, 3.8) is 0 Å². The van der Waals surface area contributed by atoms with E-state index >= 15 is 0 Å². The zero-order valence-corrected chi connectivity index (χ0v) is 16.8. The minimum absolute atomic E-state index is 0.0130. The van der Waals surface area contributed by atoms with Gasteiger partial charge in [0.05, 0.1) is 18.4 Å². The molecule has 1 spiro atoms. The minimum Gasteiger partial charge on any atom is -0.349 e. The van der Waals surface area contributed by atoms with Gasteiger partial charge in [-0.15, -0.1) is 0 Å². The summed E-state index contributed by atoms with van der Waals surface area (Å²) in [7, 11) is 0. The van der Waals surface area contributed by atoms with Crippen molar-refractivity contribution in [2.75, 3.05) is 11.4 Å². The highest BCUT2D eigenvalue weighted by atomic mass is 19.1. The maximum Gasteiger partial charge on any atom is 0.257 e. The van der Waals surface area contributed by atoms with E-state index in [0.717, 1.165) is 49.3 Å². The van der Waals surface area contributed by atoms with Crippen molar-refractivity contribution < 1.29 is 9.18 Å². The van der Waals surface area contributed by atoms with Crippen LogP contribution in [0.3, 0.4) is 0 Å². The van der Waals surface area contributed by atoms with Crippen LogP contribution in [0.1, 0.15) is 60.3 Å². The first-order valence-electron chi connectivity index (χ1n) is 10.6. The fourth-order valence-electron chi connectivity index (χ4n) is 5.01. The summed E-state index contributed by atoms with van der Waals surface area (Å²) in [4.78, 5) is 24.6. The Morgan fingerprint density at radius 1 is 1.27 bits per heavy atom. The Balaban J connectivity index is 1.55. The molecule has 5 heterocycles. The van der Waals surface area contributed by atoms with Crippen LogP contribution in [0.25, 0.3) is 5.65 Å². The predicted molar refractivity (Wildman–Crippen MR) is 109 cm³/mol. The number of carbonyl (C=O) groups excluding carboxylic acids is 1. The topological polar surface area (TPSA) is 75.4 Å². The summed E-state index contributed by atoms with van der Waals surface area (Å²) in [5.74, 6) is 0.778. The molecule has 0 radical (unpaired) electrons. The molecule has 8 heteroatoms. The molecule has 2 atom stereocenters. The SMILES string of the molecule is C[C@@H]1C[C@H]2c3cc(F)cnc3CCC3(CC3)NC(=O)c3cnn4ccc(nc34)N2C1. The molecule has 2 bridgehead atoms. The molecular formula is C22H23FN6O. The highest BCUT2D eigenvalue weighted by Gasteiger charge is 2.44. The van der Waals surface area contributed by atoms with Crippen molar-refractivity contribution >= 4 is 17.4 Å². The van der Waals surface area contributed by atoms with Gasteiger partial charge >= 0.3 is 0 Å². The van der Waals surface area contributed by atoms with Crippen molar-refractivity contribution in [3.8, 4) is 0 Å². The van der Waals surface area contributed by atoms with Crippen LogP contribution >= 0.6 is 0 Å². The molecule has 1 amide bonds. The Morgan fingerprint density at radius 3 is 2.97 bits per heavy atom. The lowest BCUT2D eigenvalue weighted by atomic mass is 9.96. The van der Waals surface area contributed by atoms with Crippen LogP contribution in [0.4, 0.5) is 10.2 Å². The average molecular weight is 406 g/mol.